The van der Waals surface area contributed by atoms with Crippen LogP contribution in [0.5, 0.6) is 0 Å². The van der Waals surface area contributed by atoms with Gasteiger partial charge in [0.15, 0.2) is 0 Å². The molecule has 0 radical (unpaired) electrons. The van der Waals surface area contributed by atoms with Gasteiger partial charge in [0.1, 0.15) is 6.61 Å². The van der Waals surface area contributed by atoms with E-state index in [1.165, 1.54) is 0 Å². The molecule has 1 saturated heterocycles. The van der Waals surface area contributed by atoms with Crippen molar-refractivity contribution in [2.24, 2.45) is 5.92 Å². The Morgan fingerprint density at radius 2 is 1.87 bits per heavy atom. The molecule has 0 aromatic rings. The van der Waals surface area contributed by atoms with E-state index in [0.29, 0.717) is 4.90 Å². The number of piperidine rings is 1. The van der Waals surface area contributed by atoms with E-state index in [2.05, 4.69) is 0 Å². The van der Waals surface area contributed by atoms with Crippen LogP contribution in [-0.2, 0) is 9.59 Å². The topological polar surface area (TPSA) is 57.6 Å². The number of carbonyl (C=O) groups is 2. The maximum atomic E-state index is 12.8. The number of aliphatic hydroxyl groups excluding tert-OH is 1. The van der Waals surface area contributed by atoms with Gasteiger partial charge in [-0.05, 0) is 5.92 Å². The molecule has 1 heterocycles. The molecule has 0 unspecified atom stereocenters. The minimum Gasteiger partial charge on any atom is -0.390 e. The van der Waals surface area contributed by atoms with E-state index < -0.39 is 30.9 Å². The number of alkyl halides is 2. The molecule has 0 aromatic heterocycles. The lowest BCUT2D eigenvalue weighted by atomic mass is 9.97. The van der Waals surface area contributed by atoms with E-state index in [0.717, 1.165) is 0 Å². The average Bonchev–Trinajstić information content (AvgIpc) is 2.11. The first-order chi connectivity index (χ1) is 6.85. The molecule has 0 aromatic carbocycles. The predicted octanol–water partition coefficient (Wildman–Crippen LogP) is 0.399. The zero-order valence-electron chi connectivity index (χ0n) is 8.37. The Morgan fingerprint density at radius 3 is 2.27 bits per heavy atom. The van der Waals surface area contributed by atoms with Crippen LogP contribution in [0.1, 0.15) is 19.8 Å². The van der Waals surface area contributed by atoms with Crippen LogP contribution in [0.25, 0.3) is 0 Å². The number of rotatable bonds is 3. The van der Waals surface area contributed by atoms with E-state index in [9.17, 15) is 18.4 Å². The summed E-state index contributed by atoms with van der Waals surface area (Å²) in [6.45, 7) is -0.662. The van der Waals surface area contributed by atoms with Crippen LogP contribution < -0.4 is 0 Å². The highest BCUT2D eigenvalue weighted by atomic mass is 19.3. The molecule has 0 spiro atoms. The Balaban J connectivity index is 2.69. The standard InChI is InChI=1S/C9H13F2NO3/c1-6-2-7(14)12(8(15)3-6)4-9(10,11)5-13/h6,13H,2-5H2,1H3. The van der Waals surface area contributed by atoms with Crippen molar-refractivity contribution in [3.8, 4) is 0 Å². The summed E-state index contributed by atoms with van der Waals surface area (Å²) >= 11 is 0. The third-order valence-electron chi connectivity index (χ3n) is 2.27. The zero-order chi connectivity index (χ0) is 11.6. The lowest BCUT2D eigenvalue weighted by Crippen LogP contribution is -2.49. The quantitative estimate of drug-likeness (QED) is 0.702. The maximum absolute atomic E-state index is 12.8. The average molecular weight is 221 g/mol. The second kappa shape index (κ2) is 4.22. The van der Waals surface area contributed by atoms with E-state index in [-0.39, 0.29) is 18.8 Å². The van der Waals surface area contributed by atoms with Crippen LogP contribution >= 0.6 is 0 Å². The molecule has 1 fully saturated rings. The van der Waals surface area contributed by atoms with Crippen molar-refractivity contribution in [1.29, 1.82) is 0 Å². The zero-order valence-corrected chi connectivity index (χ0v) is 8.37. The first-order valence-corrected chi connectivity index (χ1v) is 4.67. The van der Waals surface area contributed by atoms with Crippen molar-refractivity contribution in [3.63, 3.8) is 0 Å². The monoisotopic (exact) mass is 221 g/mol. The second-order valence-corrected chi connectivity index (χ2v) is 3.90. The van der Waals surface area contributed by atoms with Crippen LogP contribution in [-0.4, -0.2) is 40.9 Å². The van der Waals surface area contributed by atoms with Crippen LogP contribution in [0.15, 0.2) is 0 Å². The van der Waals surface area contributed by atoms with Gasteiger partial charge in [-0.2, -0.15) is 0 Å². The van der Waals surface area contributed by atoms with Gasteiger partial charge in [0.05, 0.1) is 6.54 Å². The molecule has 0 saturated carbocycles. The van der Waals surface area contributed by atoms with Gasteiger partial charge in [-0.25, -0.2) is 8.78 Å². The predicted molar refractivity (Wildman–Crippen MR) is 47.2 cm³/mol. The number of imide groups is 1. The van der Waals surface area contributed by atoms with Gasteiger partial charge >= 0.3 is 0 Å². The molecule has 0 aliphatic carbocycles. The Morgan fingerprint density at radius 1 is 1.40 bits per heavy atom. The van der Waals surface area contributed by atoms with E-state index in [1.807, 2.05) is 0 Å². The van der Waals surface area contributed by atoms with E-state index in [4.69, 9.17) is 5.11 Å². The fraction of sp³-hybridized carbons (Fsp3) is 0.778. The number of nitrogens with zero attached hydrogens (tertiary/aromatic N) is 1. The fourth-order valence-electron chi connectivity index (χ4n) is 1.49. The highest BCUT2D eigenvalue weighted by Crippen LogP contribution is 2.22. The normalized spacial score (nSPS) is 19.9. The number of aliphatic hydroxyl groups is 1. The largest absolute Gasteiger partial charge is 0.390 e. The van der Waals surface area contributed by atoms with Gasteiger partial charge in [-0.1, -0.05) is 6.92 Å². The van der Waals surface area contributed by atoms with E-state index >= 15 is 0 Å². The van der Waals surface area contributed by atoms with Gasteiger partial charge < -0.3 is 5.11 Å². The van der Waals surface area contributed by atoms with Crippen molar-refractivity contribution in [2.45, 2.75) is 25.7 Å². The summed E-state index contributed by atoms with van der Waals surface area (Å²) in [5.41, 5.74) is 0. The molecule has 0 bridgehead atoms. The van der Waals surface area contributed by atoms with Crippen molar-refractivity contribution in [2.75, 3.05) is 13.2 Å². The molecule has 15 heavy (non-hydrogen) atoms. The molecule has 86 valence electrons. The molecule has 2 amide bonds. The summed E-state index contributed by atoms with van der Waals surface area (Å²) in [6, 6.07) is 0. The van der Waals surface area contributed by atoms with Gasteiger partial charge in [-0.15, -0.1) is 0 Å². The van der Waals surface area contributed by atoms with Crippen molar-refractivity contribution in [3.05, 3.63) is 0 Å². The van der Waals surface area contributed by atoms with E-state index in [1.54, 1.807) is 6.92 Å². The van der Waals surface area contributed by atoms with Gasteiger partial charge in [0, 0.05) is 12.8 Å². The molecular formula is C9H13F2NO3. The van der Waals surface area contributed by atoms with Crippen LogP contribution in [0.4, 0.5) is 8.78 Å². The first-order valence-electron chi connectivity index (χ1n) is 4.67. The number of hydrogen-bond acceptors (Lipinski definition) is 3. The van der Waals surface area contributed by atoms with Gasteiger partial charge in [-0.3, -0.25) is 14.5 Å². The number of likely N-dealkylation sites (tertiary alicyclic amines) is 1. The van der Waals surface area contributed by atoms with Crippen molar-refractivity contribution < 1.29 is 23.5 Å². The van der Waals surface area contributed by atoms with Crippen molar-refractivity contribution >= 4 is 11.8 Å². The number of halogens is 2. The lowest BCUT2D eigenvalue weighted by molar-refractivity contribution is -0.158. The smallest absolute Gasteiger partial charge is 0.288 e. The minimum absolute atomic E-state index is 0.0935. The highest BCUT2D eigenvalue weighted by Gasteiger charge is 2.38. The second-order valence-electron chi connectivity index (χ2n) is 3.90. The summed E-state index contributed by atoms with van der Waals surface area (Å²) in [4.78, 5) is 23.1. The lowest BCUT2D eigenvalue weighted by Gasteiger charge is -2.30. The molecule has 1 N–H and O–H groups in total. The summed E-state index contributed by atoms with van der Waals surface area (Å²) in [5, 5.41) is 8.35. The molecule has 1 aliphatic rings. The highest BCUT2D eigenvalue weighted by molar-refractivity contribution is 5.97. The SMILES string of the molecule is CC1CC(=O)N(CC(F)(F)CO)C(=O)C1. The molecule has 6 heteroatoms. The first kappa shape index (κ1) is 12.0. The fourth-order valence-corrected chi connectivity index (χ4v) is 1.49. The maximum Gasteiger partial charge on any atom is 0.288 e. The van der Waals surface area contributed by atoms with Crippen LogP contribution in [0, 0.1) is 5.92 Å². The molecule has 4 nitrogen and oxygen atoms in total. The number of amides is 2. The van der Waals surface area contributed by atoms with Gasteiger partial charge in [0.25, 0.3) is 5.92 Å². The molecular weight excluding hydrogens is 208 g/mol. The number of carbonyl (C=O) groups excluding carboxylic acids is 2. The summed E-state index contributed by atoms with van der Waals surface area (Å²) in [7, 11) is 0. The van der Waals surface area contributed by atoms with Gasteiger partial charge in [0.2, 0.25) is 11.8 Å². The summed E-state index contributed by atoms with van der Waals surface area (Å²) in [6.07, 6.45) is 0.209. The third-order valence-corrected chi connectivity index (χ3v) is 2.27. The molecule has 0 atom stereocenters. The Hall–Kier alpha value is -1.04. The summed E-state index contributed by atoms with van der Waals surface area (Å²) in [5.74, 6) is -4.69. The van der Waals surface area contributed by atoms with Crippen LogP contribution in [0.2, 0.25) is 0 Å². The molecule has 1 rings (SSSR count). The Kier molecular flexibility index (Phi) is 3.38. The Bertz CT molecular complexity index is 263. The van der Waals surface area contributed by atoms with Crippen molar-refractivity contribution in [1.82, 2.24) is 4.90 Å². The Labute approximate surface area is 85.9 Å². The number of hydrogen-bond donors (Lipinski definition) is 1. The molecule has 1 aliphatic heterocycles. The minimum atomic E-state index is -3.41. The summed E-state index contributed by atoms with van der Waals surface area (Å²) < 4.78 is 25.6. The van der Waals surface area contributed by atoms with Crippen LogP contribution in [0.3, 0.4) is 0 Å². The third kappa shape index (κ3) is 2.95.